The Kier molecular flexibility index (Phi) is 5.28. The molecule has 1 saturated carbocycles. The summed E-state index contributed by atoms with van der Waals surface area (Å²) in [4.78, 5) is 24.2. The molecule has 2 aromatic rings. The molecule has 0 atom stereocenters. The third-order valence-corrected chi connectivity index (χ3v) is 4.99. The molecule has 1 aliphatic rings. The van der Waals surface area contributed by atoms with Crippen molar-refractivity contribution in [3.05, 3.63) is 40.3 Å². The Bertz CT molecular complexity index is 776. The van der Waals surface area contributed by atoms with Crippen molar-refractivity contribution >= 4 is 16.7 Å². The number of nitrogens with zero attached hydrogens (tertiary/aromatic N) is 2. The van der Waals surface area contributed by atoms with Crippen molar-refractivity contribution in [3.63, 3.8) is 0 Å². The molecule has 1 fully saturated rings. The number of hydrogen-bond donors (Lipinski definition) is 1. The lowest BCUT2D eigenvalue weighted by atomic mass is 9.86. The van der Waals surface area contributed by atoms with E-state index >= 15 is 0 Å². The number of benzene rings is 1. The van der Waals surface area contributed by atoms with Crippen LogP contribution in [0.4, 0.5) is 0 Å². The molecule has 5 heteroatoms. The monoisotopic (exact) mass is 327 g/mol. The minimum absolute atomic E-state index is 0.0697. The first kappa shape index (κ1) is 16.7. The van der Waals surface area contributed by atoms with Gasteiger partial charge in [-0.15, -0.1) is 0 Å². The Morgan fingerprint density at radius 2 is 1.92 bits per heavy atom. The fourth-order valence-electron chi connectivity index (χ4n) is 3.59. The van der Waals surface area contributed by atoms with Crippen LogP contribution < -0.4 is 10.9 Å². The van der Waals surface area contributed by atoms with Crippen molar-refractivity contribution in [1.82, 2.24) is 15.1 Å². The number of amides is 1. The predicted molar refractivity (Wildman–Crippen MR) is 94.6 cm³/mol. The van der Waals surface area contributed by atoms with Gasteiger partial charge in [-0.25, -0.2) is 4.68 Å². The van der Waals surface area contributed by atoms with Crippen LogP contribution >= 0.6 is 0 Å². The average molecular weight is 327 g/mol. The molecule has 1 aromatic carbocycles. The van der Waals surface area contributed by atoms with Gasteiger partial charge in [-0.3, -0.25) is 9.59 Å². The summed E-state index contributed by atoms with van der Waals surface area (Å²) in [6.45, 7) is 0.359. The van der Waals surface area contributed by atoms with Crippen LogP contribution in [-0.4, -0.2) is 15.7 Å². The number of rotatable bonds is 5. The number of hydrogen-bond acceptors (Lipinski definition) is 3. The summed E-state index contributed by atoms with van der Waals surface area (Å²) >= 11 is 0. The molecule has 24 heavy (non-hydrogen) atoms. The highest BCUT2D eigenvalue weighted by atomic mass is 16.1. The summed E-state index contributed by atoms with van der Waals surface area (Å²) in [5.74, 6) is 0.779. The Morgan fingerprint density at radius 3 is 2.67 bits per heavy atom. The first-order chi connectivity index (χ1) is 11.6. The van der Waals surface area contributed by atoms with Crippen molar-refractivity contribution in [2.24, 2.45) is 13.0 Å². The van der Waals surface area contributed by atoms with Crippen molar-refractivity contribution in [2.75, 3.05) is 0 Å². The third-order valence-electron chi connectivity index (χ3n) is 4.99. The normalized spacial score (nSPS) is 15.5. The van der Waals surface area contributed by atoms with Crippen LogP contribution in [-0.2, 0) is 18.4 Å². The Balaban J connectivity index is 1.62. The second-order valence-electron chi connectivity index (χ2n) is 6.74. The smallest absolute Gasteiger partial charge is 0.274 e. The Labute approximate surface area is 142 Å². The molecule has 0 radical (unpaired) electrons. The molecule has 1 heterocycles. The topological polar surface area (TPSA) is 64.0 Å². The van der Waals surface area contributed by atoms with E-state index in [1.165, 1.54) is 36.8 Å². The standard InChI is InChI=1S/C19H25N3O2/c1-22-19(24)16-10-6-5-9-15(16)17(21-22)13-20-18(23)12-11-14-7-3-2-4-8-14/h5-6,9-10,14H,2-4,7-8,11-13H2,1H3,(H,20,23). The van der Waals surface area contributed by atoms with Crippen LogP contribution in [0.1, 0.15) is 50.6 Å². The predicted octanol–water partition coefficient (Wildman–Crippen LogP) is 2.91. The highest BCUT2D eigenvalue weighted by molar-refractivity contribution is 5.84. The summed E-state index contributed by atoms with van der Waals surface area (Å²) in [6.07, 6.45) is 8.04. The highest BCUT2D eigenvalue weighted by Crippen LogP contribution is 2.27. The second-order valence-corrected chi connectivity index (χ2v) is 6.74. The first-order valence-electron chi connectivity index (χ1n) is 8.87. The minimum Gasteiger partial charge on any atom is -0.350 e. The molecular formula is C19H25N3O2. The number of aromatic nitrogens is 2. The maximum absolute atomic E-state index is 12.1. The molecule has 3 rings (SSSR count). The SMILES string of the molecule is Cn1nc(CNC(=O)CCC2CCCCC2)c2ccccc2c1=O. The summed E-state index contributed by atoms with van der Waals surface area (Å²) in [5.41, 5.74) is 0.622. The van der Waals surface area contributed by atoms with Crippen LogP contribution in [0.3, 0.4) is 0 Å². The van der Waals surface area contributed by atoms with Crippen LogP contribution in [0.25, 0.3) is 10.8 Å². The maximum Gasteiger partial charge on any atom is 0.274 e. The van der Waals surface area contributed by atoms with Gasteiger partial charge in [0.1, 0.15) is 0 Å². The van der Waals surface area contributed by atoms with Crippen molar-refractivity contribution in [3.8, 4) is 0 Å². The molecule has 1 aromatic heterocycles. The highest BCUT2D eigenvalue weighted by Gasteiger charge is 2.15. The molecule has 0 aliphatic heterocycles. The van der Waals surface area contributed by atoms with Gasteiger partial charge in [-0.1, -0.05) is 50.3 Å². The molecule has 1 aliphatic carbocycles. The lowest BCUT2D eigenvalue weighted by Crippen LogP contribution is -2.27. The Morgan fingerprint density at radius 1 is 1.21 bits per heavy atom. The zero-order valence-electron chi connectivity index (χ0n) is 14.3. The van der Waals surface area contributed by atoms with Gasteiger partial charge in [0.25, 0.3) is 5.56 Å². The van der Waals surface area contributed by atoms with Gasteiger partial charge in [0.15, 0.2) is 0 Å². The van der Waals surface area contributed by atoms with Gasteiger partial charge in [0.2, 0.25) is 5.91 Å². The average Bonchev–Trinajstić information content (AvgIpc) is 2.62. The Hall–Kier alpha value is -2.17. The fourth-order valence-corrected chi connectivity index (χ4v) is 3.59. The number of carbonyl (C=O) groups excluding carboxylic acids is 1. The van der Waals surface area contributed by atoms with Crippen LogP contribution in [0.5, 0.6) is 0 Å². The van der Waals surface area contributed by atoms with Crippen LogP contribution in [0, 0.1) is 5.92 Å². The fraction of sp³-hybridized carbons (Fsp3) is 0.526. The van der Waals surface area contributed by atoms with Gasteiger partial charge < -0.3 is 5.32 Å². The van der Waals surface area contributed by atoms with Crippen LogP contribution in [0.2, 0.25) is 0 Å². The molecule has 5 nitrogen and oxygen atoms in total. The summed E-state index contributed by atoms with van der Waals surface area (Å²) < 4.78 is 1.34. The van der Waals surface area contributed by atoms with E-state index in [-0.39, 0.29) is 11.5 Å². The molecule has 1 amide bonds. The van der Waals surface area contributed by atoms with E-state index in [0.717, 1.165) is 17.5 Å². The molecule has 0 spiro atoms. The molecule has 1 N–H and O–H groups in total. The van der Waals surface area contributed by atoms with Crippen LogP contribution in [0.15, 0.2) is 29.1 Å². The second kappa shape index (κ2) is 7.60. The van der Waals surface area contributed by atoms with Gasteiger partial charge in [-0.05, 0) is 18.4 Å². The molecule has 0 saturated heterocycles. The maximum atomic E-state index is 12.1. The van der Waals surface area contributed by atoms with E-state index in [0.29, 0.717) is 24.3 Å². The summed E-state index contributed by atoms with van der Waals surface area (Å²) in [5, 5.41) is 8.73. The van der Waals surface area contributed by atoms with Crippen molar-refractivity contribution in [2.45, 2.75) is 51.5 Å². The molecule has 0 bridgehead atoms. The van der Waals surface area contributed by atoms with E-state index in [1.54, 1.807) is 13.1 Å². The number of nitrogens with one attached hydrogen (secondary N) is 1. The zero-order valence-corrected chi connectivity index (χ0v) is 14.3. The summed E-state index contributed by atoms with van der Waals surface area (Å²) in [6, 6.07) is 7.41. The van der Waals surface area contributed by atoms with E-state index in [2.05, 4.69) is 10.4 Å². The molecule has 0 unspecified atom stereocenters. The lowest BCUT2D eigenvalue weighted by molar-refractivity contribution is -0.121. The summed E-state index contributed by atoms with van der Waals surface area (Å²) in [7, 11) is 1.64. The van der Waals surface area contributed by atoms with Crippen molar-refractivity contribution < 1.29 is 4.79 Å². The van der Waals surface area contributed by atoms with E-state index < -0.39 is 0 Å². The molecular weight excluding hydrogens is 302 g/mol. The quantitative estimate of drug-likeness (QED) is 0.918. The number of aryl methyl sites for hydroxylation is 1. The third kappa shape index (κ3) is 3.83. The van der Waals surface area contributed by atoms with E-state index in [1.807, 2.05) is 18.2 Å². The van der Waals surface area contributed by atoms with Gasteiger partial charge in [0, 0.05) is 18.9 Å². The zero-order chi connectivity index (χ0) is 16.9. The number of fused-ring (bicyclic) bond motifs is 1. The molecule has 128 valence electrons. The number of carbonyl (C=O) groups is 1. The lowest BCUT2D eigenvalue weighted by Gasteiger charge is -2.21. The first-order valence-corrected chi connectivity index (χ1v) is 8.87. The van der Waals surface area contributed by atoms with Gasteiger partial charge >= 0.3 is 0 Å². The van der Waals surface area contributed by atoms with E-state index in [9.17, 15) is 9.59 Å². The van der Waals surface area contributed by atoms with Gasteiger partial charge in [-0.2, -0.15) is 5.10 Å². The van der Waals surface area contributed by atoms with Crippen molar-refractivity contribution in [1.29, 1.82) is 0 Å². The van der Waals surface area contributed by atoms with Gasteiger partial charge in [0.05, 0.1) is 17.6 Å². The van der Waals surface area contributed by atoms with E-state index in [4.69, 9.17) is 0 Å². The minimum atomic E-state index is -0.113. The largest absolute Gasteiger partial charge is 0.350 e.